The number of aromatic nitrogens is 1. The second-order valence-corrected chi connectivity index (χ2v) is 6.59. The van der Waals surface area contributed by atoms with Crippen molar-refractivity contribution in [3.63, 3.8) is 0 Å². The fourth-order valence-electron chi connectivity index (χ4n) is 2.39. The van der Waals surface area contributed by atoms with E-state index in [1.807, 2.05) is 0 Å². The van der Waals surface area contributed by atoms with Gasteiger partial charge in [0.2, 0.25) is 0 Å². The third kappa shape index (κ3) is 5.21. The van der Waals surface area contributed by atoms with E-state index in [1.165, 1.54) is 16.7 Å². The number of benzene rings is 1. The minimum atomic E-state index is -1.13. The summed E-state index contributed by atoms with van der Waals surface area (Å²) in [7, 11) is 0. The highest BCUT2D eigenvalue weighted by Crippen LogP contribution is 2.18. The molecule has 0 aliphatic carbocycles. The Balaban J connectivity index is 2.66. The van der Waals surface area contributed by atoms with E-state index in [9.17, 15) is 19.6 Å². The smallest absolute Gasteiger partial charge is 0.352 e. The minimum Gasteiger partial charge on any atom is -0.481 e. The van der Waals surface area contributed by atoms with E-state index in [1.54, 1.807) is 37.3 Å². The van der Waals surface area contributed by atoms with Gasteiger partial charge in [-0.1, -0.05) is 30.9 Å². The summed E-state index contributed by atoms with van der Waals surface area (Å²) in [5.41, 5.74) is -0.162. The number of ether oxygens (including phenoxy) is 2. The molecule has 150 valence electrons. The van der Waals surface area contributed by atoms with Gasteiger partial charge >= 0.3 is 11.9 Å². The molecule has 0 aliphatic heterocycles. The Morgan fingerprint density at radius 3 is 2.72 bits per heavy atom. The maximum absolute atomic E-state index is 12.8. The molecular weight excluding hydrogens is 396 g/mol. The molecule has 1 heterocycles. The highest BCUT2D eigenvalue weighted by molar-refractivity contribution is 7.07. The molecule has 0 saturated carbocycles. The van der Waals surface area contributed by atoms with Crippen molar-refractivity contribution in [3.05, 3.63) is 62.0 Å². The summed E-state index contributed by atoms with van der Waals surface area (Å²) in [5.74, 6) is -1.67. The summed E-state index contributed by atoms with van der Waals surface area (Å²) in [6, 6.07) is 8.45. The first kappa shape index (κ1) is 21.7. The molecule has 0 aliphatic rings. The highest BCUT2D eigenvalue weighted by atomic mass is 32.1. The third-order valence-electron chi connectivity index (χ3n) is 3.64. The molecule has 0 saturated heterocycles. The van der Waals surface area contributed by atoms with E-state index in [2.05, 4.69) is 6.58 Å². The van der Waals surface area contributed by atoms with Crippen LogP contribution in [0, 0.1) is 11.3 Å². The molecule has 29 heavy (non-hydrogen) atoms. The van der Waals surface area contributed by atoms with Crippen LogP contribution in [0.25, 0.3) is 11.6 Å². The van der Waals surface area contributed by atoms with E-state index >= 15 is 0 Å². The monoisotopic (exact) mass is 414 g/mol. The lowest BCUT2D eigenvalue weighted by atomic mass is 10.2. The first-order valence-corrected chi connectivity index (χ1v) is 9.32. The predicted molar refractivity (Wildman–Crippen MR) is 107 cm³/mol. The van der Waals surface area contributed by atoms with Crippen LogP contribution in [0.5, 0.6) is 5.75 Å². The molecule has 0 unspecified atom stereocenters. The summed E-state index contributed by atoms with van der Waals surface area (Å²) in [6.07, 6.45) is 2.91. The molecule has 0 bridgehead atoms. The Morgan fingerprint density at radius 2 is 2.10 bits per heavy atom. The number of thiazole rings is 1. The lowest BCUT2D eigenvalue weighted by molar-refractivity contribution is -0.139. The van der Waals surface area contributed by atoms with Gasteiger partial charge in [0.25, 0.3) is 5.56 Å². The van der Waals surface area contributed by atoms with Gasteiger partial charge in [-0.15, -0.1) is 11.3 Å². The van der Waals surface area contributed by atoms with Gasteiger partial charge in [-0.3, -0.25) is 9.36 Å². The molecule has 0 atom stereocenters. The second-order valence-electron chi connectivity index (χ2n) is 5.56. The Morgan fingerprint density at radius 1 is 1.38 bits per heavy atom. The SMILES string of the molecule is C=CCOC(=O)C(C#N)=c1sc(=Cc2ccccc2OCC(=O)O)c(=O)n1CC. The molecule has 1 N–H and O–H groups in total. The van der Waals surface area contributed by atoms with Crippen LogP contribution in [0.3, 0.4) is 0 Å². The lowest BCUT2D eigenvalue weighted by Gasteiger charge is -2.05. The van der Waals surface area contributed by atoms with Crippen LogP contribution < -0.4 is 19.5 Å². The number of rotatable bonds is 8. The van der Waals surface area contributed by atoms with Gasteiger partial charge in [-0.2, -0.15) is 5.26 Å². The number of carbonyl (C=O) groups is 2. The van der Waals surface area contributed by atoms with Gasteiger partial charge in [0, 0.05) is 12.1 Å². The number of para-hydroxylation sites is 1. The van der Waals surface area contributed by atoms with Crippen LogP contribution in [0.1, 0.15) is 12.5 Å². The fraction of sp³-hybridized carbons (Fsp3) is 0.200. The van der Waals surface area contributed by atoms with E-state index in [-0.39, 0.29) is 33.5 Å². The van der Waals surface area contributed by atoms with Crippen molar-refractivity contribution >= 4 is 34.9 Å². The number of nitriles is 1. The fourth-order valence-corrected chi connectivity index (χ4v) is 3.54. The van der Waals surface area contributed by atoms with Gasteiger partial charge in [-0.25, -0.2) is 9.59 Å². The minimum absolute atomic E-state index is 0.0565. The number of carbonyl (C=O) groups excluding carboxylic acids is 1. The van der Waals surface area contributed by atoms with Gasteiger partial charge in [0.1, 0.15) is 23.1 Å². The molecule has 1 aromatic heterocycles. The van der Waals surface area contributed by atoms with Crippen molar-refractivity contribution in [2.45, 2.75) is 13.5 Å². The number of carboxylic acids is 1. The predicted octanol–water partition coefficient (Wildman–Crippen LogP) is 0.625. The molecule has 9 heteroatoms. The first-order valence-electron chi connectivity index (χ1n) is 8.50. The zero-order chi connectivity index (χ0) is 21.4. The summed E-state index contributed by atoms with van der Waals surface area (Å²) in [6.45, 7) is 4.83. The van der Waals surface area contributed by atoms with Crippen LogP contribution >= 0.6 is 11.3 Å². The third-order valence-corrected chi connectivity index (χ3v) is 4.77. The maximum Gasteiger partial charge on any atom is 0.352 e. The zero-order valence-electron chi connectivity index (χ0n) is 15.6. The average Bonchev–Trinajstić information content (AvgIpc) is 3.01. The maximum atomic E-state index is 12.8. The van der Waals surface area contributed by atoms with Crippen LogP contribution in [0.15, 0.2) is 41.7 Å². The van der Waals surface area contributed by atoms with E-state index < -0.39 is 18.5 Å². The molecule has 8 nitrogen and oxygen atoms in total. The second kappa shape index (κ2) is 10.1. The van der Waals surface area contributed by atoms with Crippen molar-refractivity contribution in [3.8, 4) is 11.8 Å². The lowest BCUT2D eigenvalue weighted by Crippen LogP contribution is -2.32. The van der Waals surface area contributed by atoms with Gasteiger partial charge < -0.3 is 14.6 Å². The van der Waals surface area contributed by atoms with Crippen LogP contribution in [-0.2, 0) is 20.9 Å². The van der Waals surface area contributed by atoms with E-state index in [4.69, 9.17) is 14.6 Å². The normalized spacial score (nSPS) is 12.1. The van der Waals surface area contributed by atoms with Gasteiger partial charge in [0.05, 0.1) is 4.53 Å². The molecule has 0 spiro atoms. The Kier molecular flexibility index (Phi) is 7.51. The molecule has 0 amide bonds. The number of carboxylic acid groups (broad SMARTS) is 1. The number of hydrogen-bond acceptors (Lipinski definition) is 7. The molecule has 0 radical (unpaired) electrons. The Hall–Kier alpha value is -3.64. The van der Waals surface area contributed by atoms with Crippen molar-refractivity contribution < 1.29 is 24.2 Å². The first-order chi connectivity index (χ1) is 13.9. The van der Waals surface area contributed by atoms with Crippen LogP contribution in [-0.4, -0.2) is 34.8 Å². The van der Waals surface area contributed by atoms with Gasteiger partial charge in [-0.05, 0) is 19.1 Å². The standard InChI is InChI=1S/C20H18N2O6S/c1-3-9-27-20(26)14(11-21)19-22(4-2)18(25)16(29-19)10-13-7-5-6-8-15(13)28-12-17(23)24/h3,5-8,10H,1,4,9,12H2,2H3,(H,23,24). The Labute approximate surface area is 169 Å². The molecule has 0 fully saturated rings. The number of aliphatic carboxylic acids is 1. The van der Waals surface area contributed by atoms with Crippen molar-refractivity contribution in [2.24, 2.45) is 0 Å². The van der Waals surface area contributed by atoms with E-state index in [0.717, 1.165) is 11.3 Å². The Bertz CT molecular complexity index is 1150. The summed E-state index contributed by atoms with van der Waals surface area (Å²) in [5, 5.41) is 18.2. The number of esters is 1. The highest BCUT2D eigenvalue weighted by Gasteiger charge is 2.16. The number of hydrogen-bond donors (Lipinski definition) is 1. The van der Waals surface area contributed by atoms with Crippen molar-refractivity contribution in [1.29, 1.82) is 5.26 Å². The molecular formula is C20H18N2O6S. The van der Waals surface area contributed by atoms with Crippen molar-refractivity contribution in [2.75, 3.05) is 13.2 Å². The summed E-state index contributed by atoms with van der Waals surface area (Å²) in [4.78, 5) is 35.7. The molecule has 2 aromatic rings. The van der Waals surface area contributed by atoms with Crippen LogP contribution in [0.4, 0.5) is 0 Å². The van der Waals surface area contributed by atoms with Crippen LogP contribution in [0.2, 0.25) is 0 Å². The topological polar surface area (TPSA) is 119 Å². The van der Waals surface area contributed by atoms with Gasteiger partial charge in [0.15, 0.2) is 12.2 Å². The zero-order valence-corrected chi connectivity index (χ0v) is 16.4. The quantitative estimate of drug-likeness (QED) is 0.497. The summed E-state index contributed by atoms with van der Waals surface area (Å²) < 4.78 is 11.9. The van der Waals surface area contributed by atoms with E-state index in [0.29, 0.717) is 11.3 Å². The number of nitrogens with zero attached hydrogens (tertiary/aromatic N) is 2. The summed E-state index contributed by atoms with van der Waals surface area (Å²) >= 11 is 0.970. The molecule has 1 aromatic carbocycles. The van der Waals surface area contributed by atoms with Crippen molar-refractivity contribution in [1.82, 2.24) is 4.57 Å². The average molecular weight is 414 g/mol. The largest absolute Gasteiger partial charge is 0.481 e. The molecule has 2 rings (SSSR count).